The van der Waals surface area contributed by atoms with Crippen molar-refractivity contribution in [3.8, 4) is 0 Å². The first-order chi connectivity index (χ1) is 7.27. The Morgan fingerprint density at radius 3 is 2.47 bits per heavy atom. The van der Waals surface area contributed by atoms with Crippen LogP contribution in [-0.4, -0.2) is 19.0 Å². The van der Waals surface area contributed by atoms with Crippen LogP contribution in [0, 0.1) is 5.82 Å². The van der Waals surface area contributed by atoms with Crippen molar-refractivity contribution < 1.29 is 4.39 Å². The van der Waals surface area contributed by atoms with Gasteiger partial charge in [-0.25, -0.2) is 4.39 Å². The standard InChI is InChI=1S/C12H15ClFN/c1-2-15(10-4-3-9-13)12-7-5-11(14)6-8-12/h3-8H,2,9-10H2,1H3. The first-order valence-corrected chi connectivity index (χ1v) is 5.53. The molecular weight excluding hydrogens is 213 g/mol. The van der Waals surface area contributed by atoms with Crippen molar-refractivity contribution in [2.45, 2.75) is 6.92 Å². The van der Waals surface area contributed by atoms with Gasteiger partial charge in [-0.05, 0) is 31.2 Å². The Balaban J connectivity index is 2.65. The normalized spacial score (nSPS) is 10.9. The van der Waals surface area contributed by atoms with E-state index >= 15 is 0 Å². The number of nitrogens with zero attached hydrogens (tertiary/aromatic N) is 1. The predicted molar refractivity (Wildman–Crippen MR) is 64.1 cm³/mol. The molecule has 82 valence electrons. The predicted octanol–water partition coefficient (Wildman–Crippen LogP) is 3.45. The Hall–Kier alpha value is -1.02. The van der Waals surface area contributed by atoms with Crippen LogP contribution in [0.4, 0.5) is 10.1 Å². The van der Waals surface area contributed by atoms with E-state index in [1.807, 2.05) is 12.2 Å². The molecule has 0 saturated carbocycles. The third-order valence-corrected chi connectivity index (χ3v) is 2.33. The number of alkyl halides is 1. The fourth-order valence-corrected chi connectivity index (χ4v) is 1.46. The highest BCUT2D eigenvalue weighted by atomic mass is 35.5. The molecule has 0 fully saturated rings. The summed E-state index contributed by atoms with van der Waals surface area (Å²) in [4.78, 5) is 2.14. The van der Waals surface area contributed by atoms with Gasteiger partial charge in [0.05, 0.1) is 0 Å². The van der Waals surface area contributed by atoms with Gasteiger partial charge in [0, 0.05) is 24.7 Å². The molecule has 3 heteroatoms. The van der Waals surface area contributed by atoms with E-state index in [2.05, 4.69) is 11.8 Å². The minimum absolute atomic E-state index is 0.203. The highest BCUT2D eigenvalue weighted by molar-refractivity contribution is 6.18. The van der Waals surface area contributed by atoms with Crippen molar-refractivity contribution in [2.24, 2.45) is 0 Å². The summed E-state index contributed by atoms with van der Waals surface area (Å²) in [7, 11) is 0. The number of allylic oxidation sites excluding steroid dienone is 1. The number of halogens is 2. The molecule has 0 atom stereocenters. The van der Waals surface area contributed by atoms with E-state index in [1.165, 1.54) is 12.1 Å². The lowest BCUT2D eigenvalue weighted by Crippen LogP contribution is -2.22. The van der Waals surface area contributed by atoms with Gasteiger partial charge in [0.25, 0.3) is 0 Å². The van der Waals surface area contributed by atoms with Crippen molar-refractivity contribution >= 4 is 17.3 Å². The van der Waals surface area contributed by atoms with Crippen LogP contribution in [0.25, 0.3) is 0 Å². The maximum absolute atomic E-state index is 12.7. The molecule has 0 aliphatic heterocycles. The molecule has 0 aromatic heterocycles. The van der Waals surface area contributed by atoms with Crippen LogP contribution in [0.5, 0.6) is 0 Å². The molecular formula is C12H15ClFN. The Labute approximate surface area is 95.2 Å². The first kappa shape index (κ1) is 12.1. The van der Waals surface area contributed by atoms with Crippen LogP contribution >= 0.6 is 11.6 Å². The summed E-state index contributed by atoms with van der Waals surface area (Å²) in [5.41, 5.74) is 1.03. The maximum atomic E-state index is 12.7. The van der Waals surface area contributed by atoms with Crippen molar-refractivity contribution in [1.82, 2.24) is 0 Å². The monoisotopic (exact) mass is 227 g/mol. The van der Waals surface area contributed by atoms with E-state index in [0.717, 1.165) is 18.8 Å². The summed E-state index contributed by atoms with van der Waals surface area (Å²) < 4.78 is 12.7. The summed E-state index contributed by atoms with van der Waals surface area (Å²) in [5, 5.41) is 0. The smallest absolute Gasteiger partial charge is 0.123 e. The fraction of sp³-hybridized carbons (Fsp3) is 0.333. The van der Waals surface area contributed by atoms with Gasteiger partial charge in [-0.1, -0.05) is 12.2 Å². The maximum Gasteiger partial charge on any atom is 0.123 e. The molecule has 0 aliphatic carbocycles. The zero-order chi connectivity index (χ0) is 11.1. The Morgan fingerprint density at radius 1 is 1.27 bits per heavy atom. The molecule has 0 saturated heterocycles. The van der Waals surface area contributed by atoms with E-state index in [1.54, 1.807) is 12.1 Å². The molecule has 1 aromatic carbocycles. The molecule has 0 radical (unpaired) electrons. The summed E-state index contributed by atoms with van der Waals surface area (Å²) in [6.07, 6.45) is 3.92. The van der Waals surface area contributed by atoms with E-state index in [0.29, 0.717) is 5.88 Å². The van der Waals surface area contributed by atoms with Crippen LogP contribution in [0.3, 0.4) is 0 Å². The molecule has 1 aromatic rings. The number of hydrogen-bond acceptors (Lipinski definition) is 1. The van der Waals surface area contributed by atoms with Gasteiger partial charge >= 0.3 is 0 Å². The van der Waals surface area contributed by atoms with Gasteiger partial charge < -0.3 is 4.90 Å². The average molecular weight is 228 g/mol. The first-order valence-electron chi connectivity index (χ1n) is 4.99. The van der Waals surface area contributed by atoms with E-state index < -0.39 is 0 Å². The van der Waals surface area contributed by atoms with E-state index in [9.17, 15) is 4.39 Å². The number of benzene rings is 1. The zero-order valence-corrected chi connectivity index (χ0v) is 9.54. The van der Waals surface area contributed by atoms with Crippen LogP contribution in [0.15, 0.2) is 36.4 Å². The molecule has 0 aliphatic rings. The highest BCUT2D eigenvalue weighted by Crippen LogP contribution is 2.14. The lowest BCUT2D eigenvalue weighted by Gasteiger charge is -2.21. The molecule has 0 bridgehead atoms. The van der Waals surface area contributed by atoms with Gasteiger partial charge in [-0.2, -0.15) is 0 Å². The lowest BCUT2D eigenvalue weighted by atomic mass is 10.2. The number of anilines is 1. The van der Waals surface area contributed by atoms with E-state index in [-0.39, 0.29) is 5.82 Å². The van der Waals surface area contributed by atoms with Gasteiger partial charge in [0.2, 0.25) is 0 Å². The summed E-state index contributed by atoms with van der Waals surface area (Å²) in [5.74, 6) is 0.326. The zero-order valence-electron chi connectivity index (χ0n) is 8.79. The Morgan fingerprint density at radius 2 is 1.93 bits per heavy atom. The van der Waals surface area contributed by atoms with Gasteiger partial charge in [0.1, 0.15) is 5.82 Å². The highest BCUT2D eigenvalue weighted by Gasteiger charge is 2.01. The second-order valence-electron chi connectivity index (χ2n) is 3.14. The third-order valence-electron chi connectivity index (χ3n) is 2.16. The van der Waals surface area contributed by atoms with Crippen LogP contribution in [0.1, 0.15) is 6.92 Å². The summed E-state index contributed by atoms with van der Waals surface area (Å²) >= 11 is 5.54. The van der Waals surface area contributed by atoms with Gasteiger partial charge in [0.15, 0.2) is 0 Å². The van der Waals surface area contributed by atoms with Crippen LogP contribution in [0.2, 0.25) is 0 Å². The van der Waals surface area contributed by atoms with Crippen molar-refractivity contribution in [1.29, 1.82) is 0 Å². The summed E-state index contributed by atoms with van der Waals surface area (Å²) in [6, 6.07) is 6.52. The molecule has 0 spiro atoms. The van der Waals surface area contributed by atoms with Gasteiger partial charge in [-0.15, -0.1) is 11.6 Å². The second kappa shape index (κ2) is 6.46. The second-order valence-corrected chi connectivity index (χ2v) is 3.45. The SMILES string of the molecule is CCN(CC=CCCl)c1ccc(F)cc1. The minimum Gasteiger partial charge on any atom is -0.368 e. The van der Waals surface area contributed by atoms with Crippen LogP contribution in [-0.2, 0) is 0 Å². The quantitative estimate of drug-likeness (QED) is 0.550. The average Bonchev–Trinajstić information content (AvgIpc) is 2.26. The third kappa shape index (κ3) is 3.92. The van der Waals surface area contributed by atoms with Gasteiger partial charge in [-0.3, -0.25) is 0 Å². The van der Waals surface area contributed by atoms with E-state index in [4.69, 9.17) is 11.6 Å². The Bertz CT molecular complexity index is 308. The fourth-order valence-electron chi connectivity index (χ4n) is 1.33. The molecule has 0 N–H and O–H groups in total. The van der Waals surface area contributed by atoms with Crippen molar-refractivity contribution in [3.05, 3.63) is 42.2 Å². The lowest BCUT2D eigenvalue weighted by molar-refractivity contribution is 0.627. The number of rotatable bonds is 5. The Kier molecular flexibility index (Phi) is 5.19. The molecule has 15 heavy (non-hydrogen) atoms. The van der Waals surface area contributed by atoms with Crippen molar-refractivity contribution in [2.75, 3.05) is 23.9 Å². The minimum atomic E-state index is -0.203. The molecule has 1 nitrogen and oxygen atoms in total. The molecule has 0 amide bonds. The van der Waals surface area contributed by atoms with Crippen LogP contribution < -0.4 is 4.90 Å². The number of hydrogen-bond donors (Lipinski definition) is 0. The topological polar surface area (TPSA) is 3.24 Å². The van der Waals surface area contributed by atoms with Crippen molar-refractivity contribution in [3.63, 3.8) is 0 Å². The summed E-state index contributed by atoms with van der Waals surface area (Å²) in [6.45, 7) is 3.75. The molecule has 1 rings (SSSR count). The molecule has 0 unspecified atom stereocenters. The number of likely N-dealkylation sites (N-methyl/N-ethyl adjacent to an activating group) is 1. The molecule has 0 heterocycles. The largest absolute Gasteiger partial charge is 0.368 e.